The minimum absolute atomic E-state index is 0.0715. The molecule has 3 rings (SSSR count). The van der Waals surface area contributed by atoms with Gasteiger partial charge in [-0.2, -0.15) is 0 Å². The first kappa shape index (κ1) is 12.4. The normalized spacial score (nSPS) is 22.6. The Balaban J connectivity index is 1.59. The monoisotopic (exact) mass is 262 g/mol. The van der Waals surface area contributed by atoms with Crippen LogP contribution in [0.3, 0.4) is 0 Å². The summed E-state index contributed by atoms with van der Waals surface area (Å²) in [6.45, 7) is 1.75. The number of β-amino-alcohol motifs (C(OH)–C–C–N with tert-alkyl or cyclic N) is 1. The molecule has 5 nitrogen and oxygen atoms in total. The molecule has 2 fully saturated rings. The van der Waals surface area contributed by atoms with E-state index in [2.05, 4.69) is 4.98 Å². The number of hydrogen-bond donors (Lipinski definition) is 1. The maximum absolute atomic E-state index is 12.1. The van der Waals surface area contributed by atoms with Gasteiger partial charge < -0.3 is 14.7 Å². The van der Waals surface area contributed by atoms with Crippen molar-refractivity contribution in [3.05, 3.63) is 23.9 Å². The first-order valence-electron chi connectivity index (χ1n) is 6.78. The maximum atomic E-state index is 12.1. The van der Waals surface area contributed by atoms with Crippen LogP contribution in [0.4, 0.5) is 0 Å². The quantitative estimate of drug-likeness (QED) is 0.882. The van der Waals surface area contributed by atoms with Crippen LogP contribution in [-0.4, -0.2) is 46.7 Å². The lowest BCUT2D eigenvalue weighted by Gasteiger charge is -2.15. The van der Waals surface area contributed by atoms with Gasteiger partial charge in [0.05, 0.1) is 18.3 Å². The Labute approximate surface area is 112 Å². The SMILES string of the molecule is O=C(c1ccc(OCC2CC2)nc1)N1CC[C@@H](O)C1. The molecule has 1 aromatic heterocycles. The molecule has 0 unspecified atom stereocenters. The molecule has 1 aromatic rings. The van der Waals surface area contributed by atoms with E-state index < -0.39 is 6.10 Å². The lowest BCUT2D eigenvalue weighted by Crippen LogP contribution is -2.29. The second-order valence-corrected chi connectivity index (χ2v) is 5.33. The molecule has 1 aliphatic heterocycles. The first-order chi connectivity index (χ1) is 9.22. The number of aliphatic hydroxyl groups excluding tert-OH is 1. The van der Waals surface area contributed by atoms with Gasteiger partial charge in [-0.1, -0.05) is 0 Å². The van der Waals surface area contributed by atoms with Crippen molar-refractivity contribution in [3.63, 3.8) is 0 Å². The number of nitrogens with zero attached hydrogens (tertiary/aromatic N) is 2. The molecule has 19 heavy (non-hydrogen) atoms. The van der Waals surface area contributed by atoms with E-state index in [1.54, 1.807) is 23.2 Å². The number of rotatable bonds is 4. The van der Waals surface area contributed by atoms with Gasteiger partial charge in [-0.3, -0.25) is 4.79 Å². The van der Waals surface area contributed by atoms with Crippen LogP contribution in [0.15, 0.2) is 18.3 Å². The summed E-state index contributed by atoms with van der Waals surface area (Å²) < 4.78 is 5.53. The van der Waals surface area contributed by atoms with Crippen LogP contribution in [0.1, 0.15) is 29.6 Å². The Morgan fingerprint density at radius 2 is 2.26 bits per heavy atom. The predicted octanol–water partition coefficient (Wildman–Crippen LogP) is 1.08. The van der Waals surface area contributed by atoms with Crippen LogP contribution in [0.2, 0.25) is 0 Å². The highest BCUT2D eigenvalue weighted by molar-refractivity contribution is 5.94. The molecule has 0 radical (unpaired) electrons. The molecule has 2 aliphatic rings. The highest BCUT2D eigenvalue weighted by Crippen LogP contribution is 2.29. The zero-order valence-electron chi connectivity index (χ0n) is 10.8. The zero-order chi connectivity index (χ0) is 13.2. The third-order valence-electron chi connectivity index (χ3n) is 3.60. The minimum atomic E-state index is -0.391. The number of carbonyl (C=O) groups excluding carboxylic acids is 1. The Hall–Kier alpha value is -1.62. The fourth-order valence-corrected chi connectivity index (χ4v) is 2.19. The summed E-state index contributed by atoms with van der Waals surface area (Å²) in [6.07, 6.45) is 4.30. The topological polar surface area (TPSA) is 62.7 Å². The number of pyridine rings is 1. The molecule has 0 bridgehead atoms. The second kappa shape index (κ2) is 5.17. The highest BCUT2D eigenvalue weighted by Gasteiger charge is 2.25. The van der Waals surface area contributed by atoms with Crippen LogP contribution in [0, 0.1) is 5.92 Å². The van der Waals surface area contributed by atoms with Gasteiger partial charge in [0.2, 0.25) is 5.88 Å². The lowest BCUT2D eigenvalue weighted by molar-refractivity contribution is 0.0764. The van der Waals surface area contributed by atoms with Gasteiger partial charge in [-0.05, 0) is 31.2 Å². The zero-order valence-corrected chi connectivity index (χ0v) is 10.8. The van der Waals surface area contributed by atoms with Crippen molar-refractivity contribution in [1.82, 2.24) is 9.88 Å². The molecular weight excluding hydrogens is 244 g/mol. The van der Waals surface area contributed by atoms with Crippen molar-refractivity contribution in [2.45, 2.75) is 25.4 Å². The molecule has 0 spiro atoms. The summed E-state index contributed by atoms with van der Waals surface area (Å²) in [5.74, 6) is 1.19. The molecule has 1 amide bonds. The van der Waals surface area contributed by atoms with Gasteiger partial charge in [0.1, 0.15) is 0 Å². The minimum Gasteiger partial charge on any atom is -0.477 e. The van der Waals surface area contributed by atoms with E-state index in [0.717, 1.165) is 6.61 Å². The number of hydrogen-bond acceptors (Lipinski definition) is 4. The third-order valence-corrected chi connectivity index (χ3v) is 3.60. The summed E-state index contributed by atoms with van der Waals surface area (Å²) in [4.78, 5) is 17.9. The van der Waals surface area contributed by atoms with Crippen molar-refractivity contribution in [2.24, 2.45) is 5.92 Å². The van der Waals surface area contributed by atoms with E-state index in [0.29, 0.717) is 36.9 Å². The fraction of sp³-hybridized carbons (Fsp3) is 0.571. The van der Waals surface area contributed by atoms with Gasteiger partial charge in [-0.25, -0.2) is 4.98 Å². The summed E-state index contributed by atoms with van der Waals surface area (Å²) in [5.41, 5.74) is 0.549. The van der Waals surface area contributed by atoms with Crippen LogP contribution >= 0.6 is 0 Å². The molecule has 1 N–H and O–H groups in total. The van der Waals surface area contributed by atoms with E-state index in [-0.39, 0.29) is 5.91 Å². The van der Waals surface area contributed by atoms with Crippen LogP contribution < -0.4 is 4.74 Å². The molecule has 1 saturated heterocycles. The molecule has 0 aromatic carbocycles. The van der Waals surface area contributed by atoms with Crippen molar-refractivity contribution in [1.29, 1.82) is 0 Å². The van der Waals surface area contributed by atoms with Gasteiger partial charge in [0.15, 0.2) is 0 Å². The number of ether oxygens (including phenoxy) is 1. The largest absolute Gasteiger partial charge is 0.477 e. The standard InChI is InChI=1S/C14H18N2O3/c17-12-5-6-16(8-12)14(18)11-3-4-13(15-7-11)19-9-10-1-2-10/h3-4,7,10,12,17H,1-2,5-6,8-9H2/t12-/m1/s1. The van der Waals surface area contributed by atoms with E-state index in [1.807, 2.05) is 0 Å². The van der Waals surface area contributed by atoms with Crippen LogP contribution in [0.25, 0.3) is 0 Å². The Bertz CT molecular complexity index is 456. The van der Waals surface area contributed by atoms with E-state index in [9.17, 15) is 9.90 Å². The summed E-state index contributed by atoms with van der Waals surface area (Å²) in [7, 11) is 0. The van der Waals surface area contributed by atoms with Crippen molar-refractivity contribution in [3.8, 4) is 5.88 Å². The molecule has 1 atom stereocenters. The fourth-order valence-electron chi connectivity index (χ4n) is 2.19. The van der Waals surface area contributed by atoms with E-state index in [4.69, 9.17) is 4.74 Å². The number of aromatic nitrogens is 1. The second-order valence-electron chi connectivity index (χ2n) is 5.33. The van der Waals surface area contributed by atoms with Gasteiger partial charge in [0, 0.05) is 25.4 Å². The highest BCUT2D eigenvalue weighted by atomic mass is 16.5. The molecule has 102 valence electrons. The molecule has 5 heteroatoms. The molecule has 2 heterocycles. The molecule has 1 aliphatic carbocycles. The van der Waals surface area contributed by atoms with Gasteiger partial charge in [-0.15, -0.1) is 0 Å². The maximum Gasteiger partial charge on any atom is 0.255 e. The average Bonchev–Trinajstić information content (AvgIpc) is 3.17. The Morgan fingerprint density at radius 1 is 1.42 bits per heavy atom. The molecular formula is C14H18N2O3. The van der Waals surface area contributed by atoms with Crippen LogP contribution in [0.5, 0.6) is 5.88 Å². The third kappa shape index (κ3) is 3.04. The molecule has 1 saturated carbocycles. The lowest BCUT2D eigenvalue weighted by atomic mass is 10.2. The smallest absolute Gasteiger partial charge is 0.255 e. The van der Waals surface area contributed by atoms with Gasteiger partial charge >= 0.3 is 0 Å². The number of likely N-dealkylation sites (tertiary alicyclic amines) is 1. The van der Waals surface area contributed by atoms with Crippen molar-refractivity contribution in [2.75, 3.05) is 19.7 Å². The number of aliphatic hydroxyl groups is 1. The van der Waals surface area contributed by atoms with Crippen molar-refractivity contribution < 1.29 is 14.6 Å². The van der Waals surface area contributed by atoms with Gasteiger partial charge in [0.25, 0.3) is 5.91 Å². The summed E-state index contributed by atoms with van der Waals surface area (Å²) in [6, 6.07) is 3.48. The van der Waals surface area contributed by atoms with Crippen molar-refractivity contribution >= 4 is 5.91 Å². The van der Waals surface area contributed by atoms with E-state index >= 15 is 0 Å². The Morgan fingerprint density at radius 3 is 2.84 bits per heavy atom. The summed E-state index contributed by atoms with van der Waals surface area (Å²) in [5, 5.41) is 9.44. The van der Waals surface area contributed by atoms with Crippen LogP contribution in [-0.2, 0) is 0 Å². The number of amides is 1. The summed E-state index contributed by atoms with van der Waals surface area (Å²) >= 11 is 0. The number of carbonyl (C=O) groups is 1. The predicted molar refractivity (Wildman–Crippen MR) is 69.0 cm³/mol. The first-order valence-corrected chi connectivity index (χ1v) is 6.78. The average molecular weight is 262 g/mol. The van der Waals surface area contributed by atoms with E-state index in [1.165, 1.54) is 12.8 Å². The Kier molecular flexibility index (Phi) is 3.38.